The second-order valence-corrected chi connectivity index (χ2v) is 15.7. The maximum atomic E-state index is 12.5. The van der Waals surface area contributed by atoms with Gasteiger partial charge in [-0.25, -0.2) is 15.0 Å². The van der Waals surface area contributed by atoms with E-state index in [1.807, 2.05) is 0 Å². The Balaban J connectivity index is 0.000000260. The Hall–Kier alpha value is -2.63. The highest BCUT2D eigenvalue weighted by atomic mass is 36.0. The number of hydrogen-bond acceptors (Lipinski definition) is 5. The van der Waals surface area contributed by atoms with Crippen LogP contribution in [0.1, 0.15) is 33.6 Å². The highest BCUT2D eigenvalue weighted by molar-refractivity contribution is 8.24. The normalized spacial score (nSPS) is 11.7. The summed E-state index contributed by atoms with van der Waals surface area (Å²) < 4.78 is 84.2. The number of rotatable bonds is 2. The van der Waals surface area contributed by atoms with Crippen LogP contribution < -0.4 is 5.56 Å². The van der Waals surface area contributed by atoms with E-state index in [0.29, 0.717) is 39.1 Å². The SMILES string of the molecule is Cc1nc(-c2ccc(C(F)(F)F)cc2)[nH]c(=O)c1C.Cc1nc(-c2ccc(C(F)(F)F)cc2)nc(Cl)c1C.O=P(Cl)(Cl)Cl. The van der Waals surface area contributed by atoms with Gasteiger partial charge in [0.2, 0.25) is 0 Å². The number of H-pyrrole nitrogens is 1. The Morgan fingerprint density at radius 2 is 1.07 bits per heavy atom. The molecule has 0 aliphatic rings. The number of benzene rings is 2. The average Bonchev–Trinajstić information content (AvgIpc) is 2.88. The molecule has 17 heteroatoms. The van der Waals surface area contributed by atoms with Gasteiger partial charge in [0, 0.05) is 33.6 Å². The Labute approximate surface area is 261 Å². The summed E-state index contributed by atoms with van der Waals surface area (Å²) in [7, 11) is 0. The molecular weight excluding hydrogens is 687 g/mol. The van der Waals surface area contributed by atoms with E-state index in [4.69, 9.17) is 11.6 Å². The molecule has 0 radical (unpaired) electrons. The second-order valence-electron chi connectivity index (χ2n) is 8.72. The molecule has 2 aromatic carbocycles. The number of nitrogens with one attached hydrogen (secondary N) is 1. The van der Waals surface area contributed by atoms with Crippen LogP contribution in [-0.2, 0) is 16.9 Å². The van der Waals surface area contributed by atoms with Crippen molar-refractivity contribution in [1.82, 2.24) is 19.9 Å². The van der Waals surface area contributed by atoms with Crippen LogP contribution in [0.5, 0.6) is 0 Å². The topological polar surface area (TPSA) is 88.6 Å². The van der Waals surface area contributed by atoms with Crippen LogP contribution in [0.15, 0.2) is 53.3 Å². The Morgan fingerprint density at radius 3 is 1.44 bits per heavy atom. The Bertz CT molecular complexity index is 1640. The number of aromatic nitrogens is 4. The molecule has 2 heterocycles. The number of halogens is 10. The first kappa shape index (κ1) is 36.6. The monoisotopic (exact) mass is 706 g/mol. The summed E-state index contributed by atoms with van der Waals surface area (Å²) in [5, 5.41) is -2.91. The van der Waals surface area contributed by atoms with Crippen molar-refractivity contribution in [2.75, 3.05) is 0 Å². The second kappa shape index (κ2) is 14.4. The standard InChI is InChI=1S/C13H10ClF3N2.C13H11F3N2O.Cl3OP/c1-7-8(2)18-12(19-11(7)14)9-3-5-10(6-4-9)13(15,16)17;1-7-8(2)17-11(18-12(7)19)9-3-5-10(6-4-9)13(14,15)16;1-5(2,3)4/h3-6H,1-2H3;3-6H,1-2H3,(H,17,18,19);. The fraction of sp³-hybridized carbons (Fsp3) is 0.231. The van der Waals surface area contributed by atoms with E-state index in [1.54, 1.807) is 27.7 Å². The highest BCUT2D eigenvalue weighted by Gasteiger charge is 2.31. The van der Waals surface area contributed by atoms with E-state index in [9.17, 15) is 35.7 Å². The summed E-state index contributed by atoms with van der Waals surface area (Å²) in [5.74, 6) is 0.587. The van der Waals surface area contributed by atoms with Crippen LogP contribution in [0.2, 0.25) is 5.15 Å². The molecule has 0 fully saturated rings. The lowest BCUT2D eigenvalue weighted by molar-refractivity contribution is -0.138. The minimum Gasteiger partial charge on any atom is -0.306 e. The van der Waals surface area contributed by atoms with Crippen molar-refractivity contribution in [2.24, 2.45) is 0 Å². The fourth-order valence-electron chi connectivity index (χ4n) is 3.13. The van der Waals surface area contributed by atoms with E-state index >= 15 is 0 Å². The van der Waals surface area contributed by atoms with Crippen LogP contribution in [0.25, 0.3) is 22.8 Å². The van der Waals surface area contributed by atoms with Crippen molar-refractivity contribution < 1.29 is 30.9 Å². The van der Waals surface area contributed by atoms with Gasteiger partial charge in [-0.15, -0.1) is 0 Å². The lowest BCUT2D eigenvalue weighted by Crippen LogP contribution is -2.14. The third-order valence-corrected chi connectivity index (χ3v) is 6.05. The van der Waals surface area contributed by atoms with Crippen molar-refractivity contribution in [1.29, 1.82) is 0 Å². The van der Waals surface area contributed by atoms with Gasteiger partial charge in [0.1, 0.15) is 11.0 Å². The maximum absolute atomic E-state index is 12.5. The van der Waals surface area contributed by atoms with Crippen molar-refractivity contribution in [3.05, 3.63) is 97.7 Å². The molecule has 0 saturated heterocycles. The van der Waals surface area contributed by atoms with Gasteiger partial charge in [-0.1, -0.05) is 35.9 Å². The molecule has 0 aliphatic heterocycles. The van der Waals surface area contributed by atoms with Crippen LogP contribution in [0.4, 0.5) is 26.3 Å². The summed E-state index contributed by atoms with van der Waals surface area (Å²) in [6.07, 6.45) is -8.72. The zero-order chi connectivity index (χ0) is 32.9. The summed E-state index contributed by atoms with van der Waals surface area (Å²) in [5.41, 5.74) is 1.73. The maximum Gasteiger partial charge on any atom is 0.416 e. The van der Waals surface area contributed by atoms with Gasteiger partial charge < -0.3 is 4.98 Å². The molecule has 0 bridgehead atoms. The lowest BCUT2D eigenvalue weighted by atomic mass is 10.1. The van der Waals surface area contributed by atoms with Gasteiger partial charge in [0.05, 0.1) is 11.1 Å². The number of nitrogens with zero attached hydrogens (tertiary/aromatic N) is 3. The third-order valence-electron chi connectivity index (χ3n) is 5.68. The Kier molecular flexibility index (Phi) is 12.3. The third kappa shape index (κ3) is 11.4. The molecule has 4 rings (SSSR count). The molecule has 4 aromatic rings. The summed E-state index contributed by atoms with van der Waals surface area (Å²) in [4.78, 5) is 26.6. The molecule has 0 aliphatic carbocycles. The van der Waals surface area contributed by atoms with Crippen molar-refractivity contribution in [3.8, 4) is 22.8 Å². The van der Waals surface area contributed by atoms with E-state index in [0.717, 1.165) is 29.8 Å². The van der Waals surface area contributed by atoms with E-state index in [-0.39, 0.29) is 11.4 Å². The van der Waals surface area contributed by atoms with Crippen molar-refractivity contribution in [2.45, 2.75) is 40.0 Å². The quantitative estimate of drug-likeness (QED) is 0.127. The van der Waals surface area contributed by atoms with Gasteiger partial charge in [0.15, 0.2) is 5.82 Å². The summed E-state index contributed by atoms with van der Waals surface area (Å²) in [6, 6.07) is 9.18. The van der Waals surface area contributed by atoms with E-state index < -0.39 is 28.7 Å². The van der Waals surface area contributed by atoms with Gasteiger partial charge in [-0.2, -0.15) is 26.3 Å². The predicted octanol–water partition coefficient (Wildman–Crippen LogP) is 10.3. The van der Waals surface area contributed by atoms with Crippen molar-refractivity contribution >= 4 is 50.5 Å². The largest absolute Gasteiger partial charge is 0.416 e. The molecule has 0 saturated carbocycles. The molecule has 2 aromatic heterocycles. The molecule has 232 valence electrons. The fourth-order valence-corrected chi connectivity index (χ4v) is 3.35. The zero-order valence-electron chi connectivity index (χ0n) is 22.5. The Morgan fingerprint density at radius 1 is 0.674 bits per heavy atom. The van der Waals surface area contributed by atoms with Gasteiger partial charge in [-0.3, -0.25) is 9.36 Å². The van der Waals surface area contributed by atoms with Crippen LogP contribution in [0, 0.1) is 27.7 Å². The molecule has 0 amide bonds. The van der Waals surface area contributed by atoms with Crippen LogP contribution in [0.3, 0.4) is 0 Å². The first-order valence-electron chi connectivity index (χ1n) is 11.7. The molecule has 0 spiro atoms. The first-order valence-corrected chi connectivity index (χ1v) is 16.5. The zero-order valence-corrected chi connectivity index (χ0v) is 26.4. The molecular formula is C26H21Cl4F6N4O2P. The first-order chi connectivity index (χ1) is 19.6. The molecule has 0 atom stereocenters. The van der Waals surface area contributed by atoms with E-state index in [1.165, 1.54) is 24.3 Å². The molecule has 6 nitrogen and oxygen atoms in total. The van der Waals surface area contributed by atoms with Gasteiger partial charge in [-0.05, 0) is 85.7 Å². The summed E-state index contributed by atoms with van der Waals surface area (Å²) >= 11 is 19.8. The van der Waals surface area contributed by atoms with Crippen LogP contribution in [-0.4, -0.2) is 19.9 Å². The lowest BCUT2D eigenvalue weighted by Gasteiger charge is -2.08. The summed E-state index contributed by atoms with van der Waals surface area (Å²) in [6.45, 7) is 6.88. The smallest absolute Gasteiger partial charge is 0.306 e. The van der Waals surface area contributed by atoms with E-state index in [2.05, 4.69) is 53.7 Å². The molecule has 43 heavy (non-hydrogen) atoms. The van der Waals surface area contributed by atoms with Gasteiger partial charge >= 0.3 is 17.6 Å². The predicted molar refractivity (Wildman–Crippen MR) is 157 cm³/mol. The number of aryl methyl sites for hydroxylation is 2. The molecule has 1 N–H and O–H groups in total. The average molecular weight is 708 g/mol. The van der Waals surface area contributed by atoms with Crippen LogP contribution >= 0.6 is 50.5 Å². The number of aromatic amines is 1. The highest BCUT2D eigenvalue weighted by Crippen LogP contribution is 2.61. The van der Waals surface area contributed by atoms with Crippen molar-refractivity contribution in [3.63, 3.8) is 0 Å². The number of alkyl halides is 6. The minimum absolute atomic E-state index is 0.266. The minimum atomic E-state index is -4.37. The molecule has 0 unspecified atom stereocenters. The van der Waals surface area contributed by atoms with Gasteiger partial charge in [0.25, 0.3) is 5.56 Å². The number of hydrogen-bond donors (Lipinski definition) is 1.